The van der Waals surface area contributed by atoms with Gasteiger partial charge in [-0.25, -0.2) is 4.39 Å². The Kier molecular flexibility index (Phi) is 2.40. The van der Waals surface area contributed by atoms with Crippen LogP contribution in [0.1, 0.15) is 25.7 Å². The predicted molar refractivity (Wildman–Crippen MR) is 67.6 cm³/mol. The van der Waals surface area contributed by atoms with Gasteiger partial charge in [-0.3, -0.25) is 4.79 Å². The first-order valence-electron chi connectivity index (χ1n) is 5.65. The molecular formula is C12H12BrFN2O. The maximum Gasteiger partial charge on any atom is 0.226 e. The molecule has 1 aromatic carbocycles. The van der Waals surface area contributed by atoms with Crippen LogP contribution in [-0.2, 0) is 4.79 Å². The van der Waals surface area contributed by atoms with E-state index in [4.69, 9.17) is 0 Å². The zero-order chi connectivity index (χ0) is 12.0. The molecule has 3 nitrogen and oxygen atoms in total. The minimum atomic E-state index is -0.318. The number of rotatable bonds is 0. The number of fused-ring (bicyclic) bond motifs is 1. The molecule has 2 aliphatic rings. The Hall–Kier alpha value is -1.10. The van der Waals surface area contributed by atoms with Crippen molar-refractivity contribution in [2.24, 2.45) is 0 Å². The fourth-order valence-corrected chi connectivity index (χ4v) is 2.83. The van der Waals surface area contributed by atoms with E-state index in [2.05, 4.69) is 26.6 Å². The predicted octanol–water partition coefficient (Wildman–Crippen LogP) is 3.27. The van der Waals surface area contributed by atoms with Crippen molar-refractivity contribution < 1.29 is 9.18 Å². The van der Waals surface area contributed by atoms with Gasteiger partial charge in [0.2, 0.25) is 5.91 Å². The van der Waals surface area contributed by atoms with Crippen molar-refractivity contribution in [2.75, 3.05) is 10.6 Å². The van der Waals surface area contributed by atoms with Gasteiger partial charge in [-0.05, 0) is 41.3 Å². The summed E-state index contributed by atoms with van der Waals surface area (Å²) < 4.78 is 13.9. The molecule has 1 aromatic rings. The van der Waals surface area contributed by atoms with E-state index in [0.29, 0.717) is 22.3 Å². The van der Waals surface area contributed by atoms with Crippen molar-refractivity contribution in [3.05, 3.63) is 22.4 Å². The average molecular weight is 299 g/mol. The second-order valence-corrected chi connectivity index (χ2v) is 5.65. The third-order valence-corrected chi connectivity index (χ3v) is 4.15. The maximum atomic E-state index is 13.5. The Labute approximate surface area is 107 Å². The highest BCUT2D eigenvalue weighted by Crippen LogP contribution is 2.43. The minimum absolute atomic E-state index is 0.00513. The largest absolute Gasteiger partial charge is 0.377 e. The summed E-state index contributed by atoms with van der Waals surface area (Å²) in [5, 5.41) is 6.14. The Morgan fingerprint density at radius 1 is 1.29 bits per heavy atom. The molecule has 1 amide bonds. The van der Waals surface area contributed by atoms with E-state index < -0.39 is 0 Å². The molecule has 5 heteroatoms. The summed E-state index contributed by atoms with van der Waals surface area (Å²) in [6, 6.07) is 3.04. The summed E-state index contributed by atoms with van der Waals surface area (Å²) in [6.07, 6.45) is 3.52. The molecule has 1 saturated carbocycles. The summed E-state index contributed by atoms with van der Waals surface area (Å²) in [6.45, 7) is 0. The summed E-state index contributed by atoms with van der Waals surface area (Å²) in [7, 11) is 0. The number of nitrogens with one attached hydrogen (secondary N) is 2. The molecule has 0 radical (unpaired) electrons. The van der Waals surface area contributed by atoms with Crippen LogP contribution >= 0.6 is 15.9 Å². The van der Waals surface area contributed by atoms with Crippen molar-refractivity contribution in [3.8, 4) is 0 Å². The van der Waals surface area contributed by atoms with Gasteiger partial charge in [-0.1, -0.05) is 0 Å². The van der Waals surface area contributed by atoms with E-state index in [9.17, 15) is 9.18 Å². The van der Waals surface area contributed by atoms with E-state index in [1.165, 1.54) is 6.07 Å². The number of halogens is 2. The van der Waals surface area contributed by atoms with Gasteiger partial charge >= 0.3 is 0 Å². The van der Waals surface area contributed by atoms with Crippen LogP contribution < -0.4 is 10.6 Å². The fourth-order valence-electron chi connectivity index (χ4n) is 2.49. The average Bonchev–Trinajstić information content (AvgIpc) is 2.35. The van der Waals surface area contributed by atoms with Crippen LogP contribution in [0.15, 0.2) is 16.6 Å². The van der Waals surface area contributed by atoms with Crippen LogP contribution in [0.2, 0.25) is 0 Å². The van der Waals surface area contributed by atoms with E-state index in [-0.39, 0.29) is 17.3 Å². The highest BCUT2D eigenvalue weighted by atomic mass is 79.9. The topological polar surface area (TPSA) is 41.1 Å². The van der Waals surface area contributed by atoms with Crippen LogP contribution in [-0.4, -0.2) is 11.4 Å². The van der Waals surface area contributed by atoms with Crippen LogP contribution in [0.5, 0.6) is 0 Å². The smallest absolute Gasteiger partial charge is 0.226 e. The first kappa shape index (κ1) is 11.0. The number of carbonyl (C=O) groups excluding carboxylic acids is 1. The highest BCUT2D eigenvalue weighted by molar-refractivity contribution is 9.10. The van der Waals surface area contributed by atoms with Crippen molar-refractivity contribution in [2.45, 2.75) is 31.2 Å². The van der Waals surface area contributed by atoms with Crippen molar-refractivity contribution in [3.63, 3.8) is 0 Å². The molecule has 1 aliphatic carbocycles. The summed E-state index contributed by atoms with van der Waals surface area (Å²) in [5.74, 6) is -0.323. The molecule has 2 N–H and O–H groups in total. The first-order valence-corrected chi connectivity index (χ1v) is 6.44. The van der Waals surface area contributed by atoms with E-state index >= 15 is 0 Å². The normalized spacial score (nSPS) is 20.9. The van der Waals surface area contributed by atoms with Crippen molar-refractivity contribution in [1.82, 2.24) is 0 Å². The molecule has 3 rings (SSSR count). The Balaban J connectivity index is 2.05. The third kappa shape index (κ3) is 1.82. The lowest BCUT2D eigenvalue weighted by Crippen LogP contribution is -2.46. The Bertz CT molecular complexity index is 500. The van der Waals surface area contributed by atoms with Crippen molar-refractivity contribution in [1.29, 1.82) is 0 Å². The SMILES string of the molecule is O=C1CC2(CCC2)Nc2cc(F)c(Br)cc2N1. The molecule has 0 unspecified atom stereocenters. The second kappa shape index (κ2) is 3.70. The molecule has 1 aliphatic heterocycles. The lowest BCUT2D eigenvalue weighted by atomic mass is 9.74. The van der Waals surface area contributed by atoms with Crippen LogP contribution in [0, 0.1) is 5.82 Å². The van der Waals surface area contributed by atoms with E-state index in [1.807, 2.05) is 0 Å². The third-order valence-electron chi connectivity index (χ3n) is 3.54. The van der Waals surface area contributed by atoms with Crippen LogP contribution in [0.4, 0.5) is 15.8 Å². The van der Waals surface area contributed by atoms with Gasteiger partial charge in [-0.15, -0.1) is 0 Å². The summed E-state index contributed by atoms with van der Waals surface area (Å²) in [5.41, 5.74) is 1.17. The zero-order valence-electron chi connectivity index (χ0n) is 9.15. The monoisotopic (exact) mass is 298 g/mol. The lowest BCUT2D eigenvalue weighted by molar-refractivity contribution is -0.117. The first-order chi connectivity index (χ1) is 8.08. The second-order valence-electron chi connectivity index (χ2n) is 4.80. The van der Waals surface area contributed by atoms with Gasteiger partial charge in [0, 0.05) is 18.0 Å². The van der Waals surface area contributed by atoms with Gasteiger partial charge in [-0.2, -0.15) is 0 Å². The van der Waals surface area contributed by atoms with Gasteiger partial charge in [0.15, 0.2) is 0 Å². The van der Waals surface area contributed by atoms with Crippen LogP contribution in [0.3, 0.4) is 0 Å². The molecule has 0 saturated heterocycles. The fraction of sp³-hybridized carbons (Fsp3) is 0.417. The van der Waals surface area contributed by atoms with E-state index in [1.54, 1.807) is 6.07 Å². The van der Waals surface area contributed by atoms with Gasteiger partial charge in [0.1, 0.15) is 5.82 Å². The van der Waals surface area contributed by atoms with Crippen molar-refractivity contribution >= 4 is 33.2 Å². The molecule has 0 atom stereocenters. The van der Waals surface area contributed by atoms with Gasteiger partial charge in [0.25, 0.3) is 0 Å². The molecular weight excluding hydrogens is 287 g/mol. The molecule has 1 heterocycles. The Morgan fingerprint density at radius 3 is 2.71 bits per heavy atom. The molecule has 0 bridgehead atoms. The van der Waals surface area contributed by atoms with Gasteiger partial charge < -0.3 is 10.6 Å². The standard InChI is InChI=1S/C12H12BrFN2O/c13-7-4-9-10(5-8(7)14)16-12(2-1-3-12)6-11(17)15-9/h4-5,16H,1-3,6H2,(H,15,17). The molecule has 0 aromatic heterocycles. The number of benzene rings is 1. The minimum Gasteiger partial charge on any atom is -0.377 e. The van der Waals surface area contributed by atoms with Gasteiger partial charge in [0.05, 0.1) is 15.8 Å². The van der Waals surface area contributed by atoms with Crippen LogP contribution in [0.25, 0.3) is 0 Å². The lowest BCUT2D eigenvalue weighted by Gasteiger charge is -2.41. The summed E-state index contributed by atoms with van der Waals surface area (Å²) in [4.78, 5) is 11.8. The number of hydrogen-bond acceptors (Lipinski definition) is 2. The Morgan fingerprint density at radius 2 is 2.06 bits per heavy atom. The quantitative estimate of drug-likeness (QED) is 0.772. The maximum absolute atomic E-state index is 13.5. The number of carbonyl (C=O) groups is 1. The number of anilines is 2. The molecule has 1 fully saturated rings. The number of hydrogen-bond donors (Lipinski definition) is 2. The molecule has 1 spiro atoms. The zero-order valence-corrected chi connectivity index (χ0v) is 10.7. The highest BCUT2D eigenvalue weighted by Gasteiger charge is 2.41. The molecule has 17 heavy (non-hydrogen) atoms. The number of amides is 1. The summed E-state index contributed by atoms with van der Waals surface area (Å²) >= 11 is 3.13. The van der Waals surface area contributed by atoms with E-state index in [0.717, 1.165) is 19.3 Å². The molecule has 90 valence electrons.